The number of aliphatic carboxylic acids is 1. The van der Waals surface area contributed by atoms with Crippen molar-refractivity contribution in [3.8, 4) is 11.1 Å². The molecule has 0 aliphatic carbocycles. The molecule has 0 saturated heterocycles. The maximum Gasteiger partial charge on any atom is 0.326 e. The van der Waals surface area contributed by atoms with E-state index in [9.17, 15) is 19.5 Å². The third kappa shape index (κ3) is 5.76. The average molecular weight is 341 g/mol. The Labute approximate surface area is 145 Å². The number of carbonyl (C=O) groups is 3. The van der Waals surface area contributed by atoms with Gasteiger partial charge < -0.3 is 15.2 Å². The van der Waals surface area contributed by atoms with Gasteiger partial charge in [-0.25, -0.2) is 4.79 Å². The van der Waals surface area contributed by atoms with Crippen molar-refractivity contribution >= 4 is 17.8 Å². The third-order valence-corrected chi connectivity index (χ3v) is 3.54. The smallest absolute Gasteiger partial charge is 0.326 e. The van der Waals surface area contributed by atoms with E-state index in [2.05, 4.69) is 10.1 Å². The topological polar surface area (TPSA) is 92.7 Å². The van der Waals surface area contributed by atoms with Crippen LogP contribution in [0.2, 0.25) is 0 Å². The maximum atomic E-state index is 11.6. The van der Waals surface area contributed by atoms with E-state index < -0.39 is 30.5 Å². The molecule has 2 rings (SSSR count). The van der Waals surface area contributed by atoms with Crippen LogP contribution in [0.1, 0.15) is 12.5 Å². The zero-order chi connectivity index (χ0) is 18.2. The molecule has 6 nitrogen and oxygen atoms in total. The van der Waals surface area contributed by atoms with Gasteiger partial charge in [-0.1, -0.05) is 54.6 Å². The number of carbonyl (C=O) groups excluding carboxylic acids is 2. The van der Waals surface area contributed by atoms with Crippen LogP contribution in [-0.4, -0.2) is 35.6 Å². The number of hydrogen-bond donors (Lipinski definition) is 2. The van der Waals surface area contributed by atoms with Crippen LogP contribution >= 0.6 is 0 Å². The lowest BCUT2D eigenvalue weighted by Crippen LogP contribution is -2.44. The summed E-state index contributed by atoms with van der Waals surface area (Å²) in [6.07, 6.45) is 0.135. The molecule has 1 amide bonds. The average Bonchev–Trinajstić information content (AvgIpc) is 2.60. The van der Waals surface area contributed by atoms with Crippen LogP contribution in [0.25, 0.3) is 11.1 Å². The first-order valence-corrected chi connectivity index (χ1v) is 7.75. The molecule has 25 heavy (non-hydrogen) atoms. The van der Waals surface area contributed by atoms with Gasteiger partial charge in [-0.05, 0) is 16.7 Å². The fourth-order valence-corrected chi connectivity index (χ4v) is 2.30. The Kier molecular flexibility index (Phi) is 6.28. The summed E-state index contributed by atoms with van der Waals surface area (Å²) >= 11 is 0. The molecule has 0 spiro atoms. The summed E-state index contributed by atoms with van der Waals surface area (Å²) in [6.45, 7) is 0.683. The van der Waals surface area contributed by atoms with Gasteiger partial charge in [0.15, 0.2) is 6.61 Å². The summed E-state index contributed by atoms with van der Waals surface area (Å²) in [5, 5.41) is 11.6. The lowest BCUT2D eigenvalue weighted by molar-refractivity contribution is -0.148. The predicted molar refractivity (Wildman–Crippen MR) is 91.8 cm³/mol. The molecule has 0 bridgehead atoms. The fourth-order valence-electron chi connectivity index (χ4n) is 2.30. The van der Waals surface area contributed by atoms with Gasteiger partial charge in [0, 0.05) is 13.3 Å². The Morgan fingerprint density at radius 2 is 1.60 bits per heavy atom. The summed E-state index contributed by atoms with van der Waals surface area (Å²) in [4.78, 5) is 33.7. The molecule has 2 aromatic carbocycles. The van der Waals surface area contributed by atoms with E-state index in [1.807, 2.05) is 54.6 Å². The largest absolute Gasteiger partial charge is 0.480 e. The fraction of sp³-hybridized carbons (Fsp3) is 0.211. The number of benzene rings is 2. The van der Waals surface area contributed by atoms with Gasteiger partial charge in [0.2, 0.25) is 0 Å². The summed E-state index contributed by atoms with van der Waals surface area (Å²) < 4.78 is 4.56. The number of carboxylic acid groups (broad SMARTS) is 1. The number of rotatable bonds is 7. The highest BCUT2D eigenvalue weighted by atomic mass is 16.5. The van der Waals surface area contributed by atoms with E-state index in [-0.39, 0.29) is 6.42 Å². The predicted octanol–water partition coefficient (Wildman–Crippen LogP) is 2.03. The molecule has 1 atom stereocenters. The van der Waals surface area contributed by atoms with Crippen molar-refractivity contribution in [2.45, 2.75) is 19.4 Å². The van der Waals surface area contributed by atoms with Gasteiger partial charge in [-0.2, -0.15) is 0 Å². The van der Waals surface area contributed by atoms with Crippen molar-refractivity contribution in [1.82, 2.24) is 5.32 Å². The Hall–Kier alpha value is -3.15. The Morgan fingerprint density at radius 3 is 2.16 bits per heavy atom. The molecule has 0 heterocycles. The monoisotopic (exact) mass is 341 g/mol. The lowest BCUT2D eigenvalue weighted by Gasteiger charge is -2.15. The van der Waals surface area contributed by atoms with Crippen molar-refractivity contribution < 1.29 is 24.2 Å². The van der Waals surface area contributed by atoms with Gasteiger partial charge in [-0.15, -0.1) is 0 Å². The van der Waals surface area contributed by atoms with Crippen LogP contribution in [0.3, 0.4) is 0 Å². The molecule has 0 aliphatic rings. The van der Waals surface area contributed by atoms with E-state index in [1.165, 1.54) is 6.92 Å². The number of esters is 1. The van der Waals surface area contributed by atoms with Gasteiger partial charge in [-0.3, -0.25) is 9.59 Å². The summed E-state index contributed by atoms with van der Waals surface area (Å²) in [7, 11) is 0. The van der Waals surface area contributed by atoms with Gasteiger partial charge in [0.1, 0.15) is 6.04 Å². The van der Waals surface area contributed by atoms with Crippen LogP contribution in [0.15, 0.2) is 54.6 Å². The molecule has 0 saturated carbocycles. The van der Waals surface area contributed by atoms with Gasteiger partial charge in [0.25, 0.3) is 5.91 Å². The first-order valence-electron chi connectivity index (χ1n) is 7.75. The molecule has 6 heteroatoms. The van der Waals surface area contributed by atoms with Crippen molar-refractivity contribution in [1.29, 1.82) is 0 Å². The quantitative estimate of drug-likeness (QED) is 0.752. The Balaban J connectivity index is 2.01. The second-order valence-corrected chi connectivity index (χ2v) is 5.51. The summed E-state index contributed by atoms with van der Waals surface area (Å²) in [5.74, 6) is -2.40. The molecule has 0 aliphatic heterocycles. The van der Waals surface area contributed by atoms with Crippen molar-refractivity contribution in [3.05, 3.63) is 60.2 Å². The van der Waals surface area contributed by atoms with E-state index in [0.29, 0.717) is 0 Å². The molecule has 2 aromatic rings. The minimum absolute atomic E-state index is 0.135. The minimum Gasteiger partial charge on any atom is -0.480 e. The molecule has 0 unspecified atom stereocenters. The normalized spacial score (nSPS) is 11.4. The van der Waals surface area contributed by atoms with E-state index in [0.717, 1.165) is 16.7 Å². The number of hydrogen-bond acceptors (Lipinski definition) is 4. The molecule has 0 fully saturated rings. The van der Waals surface area contributed by atoms with E-state index in [4.69, 9.17) is 0 Å². The zero-order valence-corrected chi connectivity index (χ0v) is 13.8. The standard InChI is InChI=1S/C19H19NO5/c1-13(21)25-12-18(22)20-17(19(23)24)11-14-7-9-16(10-8-14)15-5-3-2-4-6-15/h2-10,17H,11-12H2,1H3,(H,20,22)(H,23,24)/t17-/m0/s1. The van der Waals surface area contributed by atoms with Gasteiger partial charge in [0.05, 0.1) is 0 Å². The lowest BCUT2D eigenvalue weighted by atomic mass is 10.0. The van der Waals surface area contributed by atoms with E-state index in [1.54, 1.807) is 0 Å². The molecule has 130 valence electrons. The highest BCUT2D eigenvalue weighted by Crippen LogP contribution is 2.19. The van der Waals surface area contributed by atoms with Crippen LogP contribution in [0.4, 0.5) is 0 Å². The number of carboxylic acids is 1. The van der Waals surface area contributed by atoms with Crippen LogP contribution < -0.4 is 5.32 Å². The Bertz CT molecular complexity index is 740. The number of nitrogens with one attached hydrogen (secondary N) is 1. The molecular formula is C19H19NO5. The van der Waals surface area contributed by atoms with Crippen LogP contribution in [0, 0.1) is 0 Å². The van der Waals surface area contributed by atoms with Crippen LogP contribution in [-0.2, 0) is 25.5 Å². The zero-order valence-electron chi connectivity index (χ0n) is 13.8. The van der Waals surface area contributed by atoms with Crippen molar-refractivity contribution in [3.63, 3.8) is 0 Å². The SMILES string of the molecule is CC(=O)OCC(=O)N[C@@H](Cc1ccc(-c2ccccc2)cc1)C(=O)O. The highest BCUT2D eigenvalue weighted by Gasteiger charge is 2.20. The molecule has 2 N–H and O–H groups in total. The van der Waals surface area contributed by atoms with Gasteiger partial charge >= 0.3 is 11.9 Å². The number of ether oxygens (including phenoxy) is 1. The van der Waals surface area contributed by atoms with Crippen molar-refractivity contribution in [2.24, 2.45) is 0 Å². The second-order valence-electron chi connectivity index (χ2n) is 5.51. The third-order valence-electron chi connectivity index (χ3n) is 3.54. The second kappa shape index (κ2) is 8.63. The first kappa shape index (κ1) is 18.2. The van der Waals surface area contributed by atoms with Crippen LogP contribution in [0.5, 0.6) is 0 Å². The Morgan fingerprint density at radius 1 is 1.00 bits per heavy atom. The molecular weight excluding hydrogens is 322 g/mol. The maximum absolute atomic E-state index is 11.6. The molecule has 0 aromatic heterocycles. The number of amides is 1. The summed E-state index contributed by atoms with van der Waals surface area (Å²) in [6, 6.07) is 16.2. The summed E-state index contributed by atoms with van der Waals surface area (Å²) in [5.41, 5.74) is 2.87. The molecule has 0 radical (unpaired) electrons. The minimum atomic E-state index is -1.15. The van der Waals surface area contributed by atoms with Crippen molar-refractivity contribution in [2.75, 3.05) is 6.61 Å². The van der Waals surface area contributed by atoms with E-state index >= 15 is 0 Å². The first-order chi connectivity index (χ1) is 12.0. The highest BCUT2D eigenvalue weighted by molar-refractivity contribution is 5.85.